The minimum Gasteiger partial charge on any atom is -0.444 e. The third-order valence-corrected chi connectivity index (χ3v) is 5.38. The van der Waals surface area contributed by atoms with Crippen LogP contribution in [0.3, 0.4) is 0 Å². The van der Waals surface area contributed by atoms with Crippen molar-refractivity contribution in [2.75, 3.05) is 13.6 Å². The molecule has 0 radical (unpaired) electrons. The molecular formula is C21H26N2O4. The Morgan fingerprint density at radius 1 is 1.07 bits per heavy atom. The molecule has 2 amide bonds. The second kappa shape index (κ2) is 6.60. The Labute approximate surface area is 159 Å². The van der Waals surface area contributed by atoms with E-state index in [9.17, 15) is 14.4 Å². The lowest BCUT2D eigenvalue weighted by Crippen LogP contribution is -2.48. The van der Waals surface area contributed by atoms with Crippen molar-refractivity contribution in [3.05, 3.63) is 47.5 Å². The van der Waals surface area contributed by atoms with Gasteiger partial charge in [-0.2, -0.15) is 0 Å². The second-order valence-electron chi connectivity index (χ2n) is 8.45. The number of carbonyl (C=O) groups excluding carboxylic acids is 3. The maximum atomic E-state index is 12.5. The molecular weight excluding hydrogens is 344 g/mol. The average molecular weight is 370 g/mol. The summed E-state index contributed by atoms with van der Waals surface area (Å²) < 4.78 is 5.60. The minimum atomic E-state index is -0.767. The van der Waals surface area contributed by atoms with Gasteiger partial charge in [0.15, 0.2) is 6.23 Å². The number of imide groups is 1. The molecule has 6 nitrogen and oxygen atoms in total. The number of hydrogen-bond acceptors (Lipinski definition) is 5. The summed E-state index contributed by atoms with van der Waals surface area (Å²) in [4.78, 5) is 40.4. The molecule has 2 atom stereocenters. The zero-order valence-electron chi connectivity index (χ0n) is 16.5. The van der Waals surface area contributed by atoms with Gasteiger partial charge in [0.05, 0.1) is 11.1 Å². The molecule has 1 aromatic carbocycles. The third kappa shape index (κ3) is 3.18. The molecule has 1 fully saturated rings. The number of fused-ring (bicyclic) bond motifs is 1. The quantitative estimate of drug-likeness (QED) is 0.463. The van der Waals surface area contributed by atoms with Gasteiger partial charge in [0.1, 0.15) is 5.54 Å². The highest BCUT2D eigenvalue weighted by atomic mass is 16.6. The monoisotopic (exact) mass is 370 g/mol. The zero-order chi connectivity index (χ0) is 20.0. The van der Waals surface area contributed by atoms with Gasteiger partial charge in [-0.1, -0.05) is 45.1 Å². The lowest BCUT2D eigenvalue weighted by atomic mass is 9.90. The van der Waals surface area contributed by atoms with Crippen LogP contribution in [0.1, 0.15) is 54.8 Å². The molecule has 0 aliphatic carbocycles. The van der Waals surface area contributed by atoms with E-state index in [0.717, 1.165) is 0 Å². The maximum Gasteiger partial charge on any atom is 0.328 e. The summed E-state index contributed by atoms with van der Waals surface area (Å²) in [5.41, 5.74) is -0.0763. The van der Waals surface area contributed by atoms with Gasteiger partial charge < -0.3 is 4.74 Å². The highest BCUT2D eigenvalue weighted by Crippen LogP contribution is 2.38. The molecule has 1 aromatic rings. The van der Waals surface area contributed by atoms with Gasteiger partial charge >= 0.3 is 5.97 Å². The van der Waals surface area contributed by atoms with E-state index < -0.39 is 5.54 Å². The Kier molecular flexibility index (Phi) is 4.72. The number of amides is 2. The normalized spacial score (nSPS) is 26.2. The molecule has 6 heteroatoms. The predicted molar refractivity (Wildman–Crippen MR) is 101 cm³/mol. The van der Waals surface area contributed by atoms with Crippen LogP contribution in [-0.4, -0.2) is 52.9 Å². The molecule has 0 bridgehead atoms. The van der Waals surface area contributed by atoms with E-state index in [1.807, 2.05) is 45.7 Å². The summed E-state index contributed by atoms with van der Waals surface area (Å²) >= 11 is 0. The number of cyclic esters (lactones) is 1. The molecule has 0 saturated carbocycles. The summed E-state index contributed by atoms with van der Waals surface area (Å²) in [6, 6.07) is 6.82. The fourth-order valence-electron chi connectivity index (χ4n) is 3.59. The van der Waals surface area contributed by atoms with Gasteiger partial charge in [0.2, 0.25) is 0 Å². The van der Waals surface area contributed by atoms with E-state index in [-0.39, 0.29) is 36.0 Å². The number of benzene rings is 1. The molecule has 1 saturated heterocycles. The predicted octanol–water partition coefficient (Wildman–Crippen LogP) is 2.85. The van der Waals surface area contributed by atoms with E-state index in [1.54, 1.807) is 30.3 Å². The third-order valence-electron chi connectivity index (χ3n) is 5.38. The highest BCUT2D eigenvalue weighted by Gasteiger charge is 2.52. The number of rotatable bonds is 4. The van der Waals surface area contributed by atoms with E-state index in [1.165, 1.54) is 4.90 Å². The molecule has 0 aromatic heterocycles. The Morgan fingerprint density at radius 3 is 2.11 bits per heavy atom. The number of likely N-dealkylation sites (N-methyl/N-ethyl adjacent to an activating group) is 1. The van der Waals surface area contributed by atoms with Crippen molar-refractivity contribution in [3.8, 4) is 0 Å². The molecule has 0 spiro atoms. The number of ether oxygens (including phenoxy) is 1. The Balaban J connectivity index is 1.66. The van der Waals surface area contributed by atoms with Crippen LogP contribution in [0.4, 0.5) is 0 Å². The number of carbonyl (C=O) groups is 3. The fraction of sp³-hybridized carbons (Fsp3) is 0.476. The van der Waals surface area contributed by atoms with Crippen molar-refractivity contribution in [3.63, 3.8) is 0 Å². The molecule has 3 rings (SSSR count). The van der Waals surface area contributed by atoms with Crippen LogP contribution in [0.2, 0.25) is 0 Å². The van der Waals surface area contributed by atoms with Crippen molar-refractivity contribution in [1.29, 1.82) is 0 Å². The zero-order valence-corrected chi connectivity index (χ0v) is 16.5. The first kappa shape index (κ1) is 19.3. The summed E-state index contributed by atoms with van der Waals surface area (Å²) in [7, 11) is 1.89. The van der Waals surface area contributed by atoms with Crippen LogP contribution in [0.25, 0.3) is 0 Å². The molecule has 2 aliphatic rings. The Hall–Kier alpha value is -2.47. The van der Waals surface area contributed by atoms with Crippen LogP contribution in [0, 0.1) is 5.41 Å². The number of esters is 1. The van der Waals surface area contributed by atoms with E-state index >= 15 is 0 Å². The molecule has 2 aliphatic heterocycles. The number of nitrogens with zero attached hydrogens (tertiary/aromatic N) is 2. The van der Waals surface area contributed by atoms with Crippen molar-refractivity contribution in [2.45, 2.75) is 45.9 Å². The van der Waals surface area contributed by atoms with Crippen molar-refractivity contribution in [1.82, 2.24) is 9.80 Å². The van der Waals surface area contributed by atoms with Crippen molar-refractivity contribution in [2.24, 2.45) is 5.41 Å². The molecule has 27 heavy (non-hydrogen) atoms. The van der Waals surface area contributed by atoms with Crippen molar-refractivity contribution < 1.29 is 19.1 Å². The smallest absolute Gasteiger partial charge is 0.328 e. The van der Waals surface area contributed by atoms with E-state index in [4.69, 9.17) is 4.74 Å². The summed E-state index contributed by atoms with van der Waals surface area (Å²) in [6.45, 7) is 8.14. The summed E-state index contributed by atoms with van der Waals surface area (Å²) in [5, 5.41) is 0. The van der Waals surface area contributed by atoms with Crippen LogP contribution < -0.4 is 0 Å². The standard InChI is InChI=1S/C21H26N2O4/c1-20(2,3)18-22(5)21(4,19(26)27-18)12-8-9-13-23-16(24)14-10-6-7-11-15(14)17(23)25/h6-11,18H,12-13H2,1-5H3/b9-8+/t18?,21-/m0/s1. The lowest BCUT2D eigenvalue weighted by molar-refractivity contribution is -0.148. The Bertz CT molecular complexity index is 789. The van der Waals surface area contributed by atoms with Gasteiger partial charge in [0.25, 0.3) is 11.8 Å². The van der Waals surface area contributed by atoms with Gasteiger partial charge in [-0.3, -0.25) is 19.4 Å². The first-order valence-electron chi connectivity index (χ1n) is 9.11. The fourth-order valence-corrected chi connectivity index (χ4v) is 3.59. The van der Waals surface area contributed by atoms with E-state index in [0.29, 0.717) is 17.5 Å². The first-order valence-corrected chi connectivity index (χ1v) is 9.11. The van der Waals surface area contributed by atoms with Gasteiger partial charge in [-0.15, -0.1) is 0 Å². The largest absolute Gasteiger partial charge is 0.444 e. The lowest BCUT2D eigenvalue weighted by Gasteiger charge is -2.35. The Morgan fingerprint density at radius 2 is 1.63 bits per heavy atom. The molecule has 1 unspecified atom stereocenters. The molecule has 0 N–H and O–H groups in total. The minimum absolute atomic E-state index is 0.184. The second-order valence-corrected chi connectivity index (χ2v) is 8.45. The summed E-state index contributed by atoms with van der Waals surface area (Å²) in [5.74, 6) is -0.816. The highest BCUT2D eigenvalue weighted by molar-refractivity contribution is 6.21. The van der Waals surface area contributed by atoms with E-state index in [2.05, 4.69) is 0 Å². The number of hydrogen-bond donors (Lipinski definition) is 0. The first-order chi connectivity index (χ1) is 12.6. The van der Waals surface area contributed by atoms with Gasteiger partial charge in [-0.25, -0.2) is 4.79 Å². The maximum absolute atomic E-state index is 12.5. The topological polar surface area (TPSA) is 66.9 Å². The van der Waals surface area contributed by atoms with Gasteiger partial charge in [0, 0.05) is 12.0 Å². The molecule has 144 valence electrons. The van der Waals surface area contributed by atoms with Crippen LogP contribution in [-0.2, 0) is 9.53 Å². The van der Waals surface area contributed by atoms with Crippen LogP contribution in [0.15, 0.2) is 36.4 Å². The SMILES string of the molecule is CN1C(C(C)(C)C)OC(=O)[C@]1(C)C/C=C/CN1C(=O)c2ccccc2C1=O. The average Bonchev–Trinajstić information content (AvgIpc) is 2.99. The van der Waals surface area contributed by atoms with Crippen LogP contribution >= 0.6 is 0 Å². The van der Waals surface area contributed by atoms with Crippen LogP contribution in [0.5, 0.6) is 0 Å². The summed E-state index contributed by atoms with van der Waals surface area (Å²) in [6.07, 6.45) is 3.75. The molecule has 2 heterocycles. The van der Waals surface area contributed by atoms with Crippen molar-refractivity contribution >= 4 is 17.8 Å². The van der Waals surface area contributed by atoms with Gasteiger partial charge in [-0.05, 0) is 32.5 Å².